The Bertz CT molecular complexity index is 623. The number of anilines is 1. The lowest BCUT2D eigenvalue weighted by molar-refractivity contribution is -0.138. The van der Waals surface area contributed by atoms with E-state index in [4.69, 9.17) is 0 Å². The number of benzene rings is 2. The van der Waals surface area contributed by atoms with E-state index in [0.717, 1.165) is 15.7 Å². The summed E-state index contributed by atoms with van der Waals surface area (Å²) in [5, 5.41) is 12.5. The summed E-state index contributed by atoms with van der Waals surface area (Å²) in [4.78, 5) is 11.6. The molecule has 1 unspecified atom stereocenters. The fourth-order valence-electron chi connectivity index (χ4n) is 2.09. The number of carbonyl (C=O) groups is 1. The van der Waals surface area contributed by atoms with Gasteiger partial charge in [-0.05, 0) is 45.1 Å². The van der Waals surface area contributed by atoms with Gasteiger partial charge in [0.2, 0.25) is 0 Å². The SMILES string of the molecule is CC(C)c1ccc(C(Nc2ccccc2Br)C(=O)O)cc1. The monoisotopic (exact) mass is 347 g/mol. The van der Waals surface area contributed by atoms with Crippen LogP contribution in [-0.4, -0.2) is 11.1 Å². The van der Waals surface area contributed by atoms with Crippen LogP contribution in [0.3, 0.4) is 0 Å². The smallest absolute Gasteiger partial charge is 0.330 e. The highest BCUT2D eigenvalue weighted by atomic mass is 79.9. The minimum absolute atomic E-state index is 0.429. The standard InChI is InChI=1S/C17H18BrNO2/c1-11(2)12-7-9-13(10-8-12)16(17(20)21)19-15-6-4-3-5-14(15)18/h3-11,16,19H,1-2H3,(H,20,21). The van der Waals surface area contributed by atoms with Crippen LogP contribution in [0.4, 0.5) is 5.69 Å². The number of rotatable bonds is 5. The molecular formula is C17H18BrNO2. The summed E-state index contributed by atoms with van der Waals surface area (Å²) in [6.07, 6.45) is 0. The molecule has 0 saturated heterocycles. The van der Waals surface area contributed by atoms with Crippen molar-refractivity contribution in [2.75, 3.05) is 5.32 Å². The maximum atomic E-state index is 11.6. The van der Waals surface area contributed by atoms with Gasteiger partial charge in [0, 0.05) is 10.2 Å². The van der Waals surface area contributed by atoms with E-state index in [2.05, 4.69) is 35.1 Å². The molecule has 0 spiro atoms. The highest BCUT2D eigenvalue weighted by Crippen LogP contribution is 2.27. The van der Waals surface area contributed by atoms with Gasteiger partial charge in [-0.25, -0.2) is 4.79 Å². The van der Waals surface area contributed by atoms with Crippen LogP contribution in [0.5, 0.6) is 0 Å². The molecule has 0 aliphatic heterocycles. The van der Waals surface area contributed by atoms with E-state index < -0.39 is 12.0 Å². The summed E-state index contributed by atoms with van der Waals surface area (Å²) in [6.45, 7) is 4.23. The number of carboxylic acids is 1. The van der Waals surface area contributed by atoms with Crippen molar-refractivity contribution in [1.29, 1.82) is 0 Å². The third kappa shape index (κ3) is 3.85. The highest BCUT2D eigenvalue weighted by Gasteiger charge is 2.20. The first-order chi connectivity index (χ1) is 9.99. The van der Waals surface area contributed by atoms with Crippen LogP contribution < -0.4 is 5.32 Å². The van der Waals surface area contributed by atoms with Crippen LogP contribution in [-0.2, 0) is 4.79 Å². The first-order valence-corrected chi connectivity index (χ1v) is 7.62. The molecule has 21 heavy (non-hydrogen) atoms. The Hall–Kier alpha value is -1.81. The Morgan fingerprint density at radius 1 is 1.05 bits per heavy atom. The number of halogens is 1. The molecule has 110 valence electrons. The average molecular weight is 348 g/mol. The summed E-state index contributed by atoms with van der Waals surface area (Å²) >= 11 is 3.42. The number of para-hydroxylation sites is 1. The van der Waals surface area contributed by atoms with Crippen molar-refractivity contribution >= 4 is 27.6 Å². The van der Waals surface area contributed by atoms with E-state index >= 15 is 0 Å². The maximum absolute atomic E-state index is 11.6. The number of aliphatic carboxylic acids is 1. The molecular weight excluding hydrogens is 330 g/mol. The average Bonchev–Trinajstić information content (AvgIpc) is 2.46. The third-order valence-electron chi connectivity index (χ3n) is 3.36. The van der Waals surface area contributed by atoms with Gasteiger partial charge in [0.15, 0.2) is 6.04 Å². The quantitative estimate of drug-likeness (QED) is 0.815. The molecule has 0 amide bonds. The molecule has 4 heteroatoms. The molecule has 0 aliphatic carbocycles. The summed E-state index contributed by atoms with van der Waals surface area (Å²) < 4.78 is 0.843. The molecule has 0 heterocycles. The van der Waals surface area contributed by atoms with Crippen molar-refractivity contribution in [3.05, 3.63) is 64.1 Å². The van der Waals surface area contributed by atoms with Gasteiger partial charge in [0.1, 0.15) is 0 Å². The van der Waals surface area contributed by atoms with Crippen LogP contribution in [0.1, 0.15) is 36.9 Å². The second-order valence-electron chi connectivity index (χ2n) is 5.22. The molecule has 2 aromatic rings. The highest BCUT2D eigenvalue weighted by molar-refractivity contribution is 9.10. The van der Waals surface area contributed by atoms with Crippen LogP contribution in [0.2, 0.25) is 0 Å². The third-order valence-corrected chi connectivity index (χ3v) is 4.05. The number of hydrogen-bond acceptors (Lipinski definition) is 2. The lowest BCUT2D eigenvalue weighted by atomic mass is 9.99. The Balaban J connectivity index is 2.27. The first-order valence-electron chi connectivity index (χ1n) is 6.82. The Morgan fingerprint density at radius 2 is 1.62 bits per heavy atom. The van der Waals surface area contributed by atoms with Gasteiger partial charge >= 0.3 is 5.97 Å². The molecule has 2 aromatic carbocycles. The van der Waals surface area contributed by atoms with Gasteiger partial charge in [0.25, 0.3) is 0 Å². The Kier molecular flexibility index (Phi) is 5.02. The molecule has 0 aliphatic rings. The van der Waals surface area contributed by atoms with Crippen molar-refractivity contribution in [3.63, 3.8) is 0 Å². The fourth-order valence-corrected chi connectivity index (χ4v) is 2.49. The van der Waals surface area contributed by atoms with Crippen LogP contribution >= 0.6 is 15.9 Å². The molecule has 0 saturated carbocycles. The van der Waals surface area contributed by atoms with Gasteiger partial charge in [-0.1, -0.05) is 50.2 Å². The Morgan fingerprint density at radius 3 is 2.14 bits per heavy atom. The topological polar surface area (TPSA) is 49.3 Å². The number of carboxylic acid groups (broad SMARTS) is 1. The maximum Gasteiger partial charge on any atom is 0.330 e. The minimum atomic E-state index is -0.900. The second-order valence-corrected chi connectivity index (χ2v) is 6.07. The van der Waals surface area contributed by atoms with Crippen molar-refractivity contribution in [3.8, 4) is 0 Å². The lowest BCUT2D eigenvalue weighted by Gasteiger charge is -2.18. The molecule has 0 aromatic heterocycles. The van der Waals surface area contributed by atoms with E-state index in [1.807, 2.05) is 48.5 Å². The zero-order chi connectivity index (χ0) is 15.4. The van der Waals surface area contributed by atoms with Gasteiger partial charge in [-0.2, -0.15) is 0 Å². The van der Waals surface area contributed by atoms with Crippen LogP contribution in [0.15, 0.2) is 53.0 Å². The van der Waals surface area contributed by atoms with Gasteiger partial charge < -0.3 is 10.4 Å². The summed E-state index contributed by atoms with van der Waals surface area (Å²) in [5.74, 6) is -0.471. The van der Waals surface area contributed by atoms with E-state index in [1.165, 1.54) is 5.56 Å². The first kappa shape index (κ1) is 15.6. The van der Waals surface area contributed by atoms with E-state index in [1.54, 1.807) is 0 Å². The van der Waals surface area contributed by atoms with Crippen molar-refractivity contribution in [2.45, 2.75) is 25.8 Å². The van der Waals surface area contributed by atoms with E-state index in [0.29, 0.717) is 5.92 Å². The van der Waals surface area contributed by atoms with Gasteiger partial charge in [-0.3, -0.25) is 0 Å². The normalized spacial score (nSPS) is 12.2. The summed E-state index contributed by atoms with van der Waals surface area (Å²) in [6, 6.07) is 14.4. The summed E-state index contributed by atoms with van der Waals surface area (Å²) in [7, 11) is 0. The molecule has 0 bridgehead atoms. The predicted octanol–water partition coefficient (Wildman–Crippen LogP) is 4.81. The van der Waals surface area contributed by atoms with Crippen molar-refractivity contribution in [2.24, 2.45) is 0 Å². The zero-order valence-electron chi connectivity index (χ0n) is 12.0. The molecule has 2 rings (SSSR count). The largest absolute Gasteiger partial charge is 0.479 e. The van der Waals surface area contributed by atoms with E-state index in [-0.39, 0.29) is 0 Å². The van der Waals surface area contributed by atoms with E-state index in [9.17, 15) is 9.90 Å². The molecule has 2 N–H and O–H groups in total. The van der Waals surface area contributed by atoms with Crippen molar-refractivity contribution in [1.82, 2.24) is 0 Å². The van der Waals surface area contributed by atoms with Crippen LogP contribution in [0.25, 0.3) is 0 Å². The fraction of sp³-hybridized carbons (Fsp3) is 0.235. The molecule has 0 fully saturated rings. The second kappa shape index (κ2) is 6.76. The zero-order valence-corrected chi connectivity index (χ0v) is 13.6. The Labute approximate surface area is 133 Å². The molecule has 0 radical (unpaired) electrons. The molecule has 1 atom stereocenters. The minimum Gasteiger partial charge on any atom is -0.479 e. The van der Waals surface area contributed by atoms with Crippen LogP contribution in [0, 0.1) is 0 Å². The van der Waals surface area contributed by atoms with Gasteiger partial charge in [-0.15, -0.1) is 0 Å². The molecule has 3 nitrogen and oxygen atoms in total. The van der Waals surface area contributed by atoms with Gasteiger partial charge in [0.05, 0.1) is 0 Å². The predicted molar refractivity (Wildman–Crippen MR) is 88.7 cm³/mol. The number of nitrogens with one attached hydrogen (secondary N) is 1. The summed E-state index contributed by atoms with van der Waals surface area (Å²) in [5.41, 5.74) is 2.70. The lowest BCUT2D eigenvalue weighted by Crippen LogP contribution is -2.20. The number of hydrogen-bond donors (Lipinski definition) is 2. The van der Waals surface area contributed by atoms with Crippen molar-refractivity contribution < 1.29 is 9.90 Å².